The summed E-state index contributed by atoms with van der Waals surface area (Å²) in [7, 11) is 0. The van der Waals surface area contributed by atoms with Gasteiger partial charge in [-0.3, -0.25) is 4.98 Å². The lowest BCUT2D eigenvalue weighted by Crippen LogP contribution is -1.74. The second-order valence-corrected chi connectivity index (χ2v) is 2.79. The van der Waals surface area contributed by atoms with Crippen LogP contribution in [0.1, 0.15) is 32.4 Å². The van der Waals surface area contributed by atoms with E-state index in [0.29, 0.717) is 0 Å². The fourth-order valence-electron chi connectivity index (χ4n) is 0.958. The van der Waals surface area contributed by atoms with Crippen LogP contribution in [0.4, 0.5) is 0 Å². The molecule has 0 aromatic carbocycles. The molecule has 0 radical (unpaired) electrons. The third-order valence-electron chi connectivity index (χ3n) is 1.64. The van der Waals surface area contributed by atoms with Gasteiger partial charge in [0.25, 0.3) is 0 Å². The van der Waals surface area contributed by atoms with E-state index in [-0.39, 0.29) is 0 Å². The molecule has 0 saturated carbocycles. The number of ether oxygens (including phenoxy) is 1. The number of aromatic nitrogens is 1. The zero-order chi connectivity index (χ0) is 10.6. The molecule has 14 heavy (non-hydrogen) atoms. The quantitative estimate of drug-likeness (QED) is 0.634. The van der Waals surface area contributed by atoms with Crippen LogP contribution in [0.15, 0.2) is 24.4 Å². The van der Waals surface area contributed by atoms with E-state index in [1.807, 2.05) is 39.0 Å². The first-order valence-electron chi connectivity index (χ1n) is 5.35. The molecule has 1 aliphatic rings. The van der Waals surface area contributed by atoms with Crippen molar-refractivity contribution in [3.8, 4) is 0 Å². The molecule has 2 rings (SSSR count). The second-order valence-electron chi connectivity index (χ2n) is 2.79. The number of hydrogen-bond donors (Lipinski definition) is 0. The maximum atomic E-state index is 4.94. The van der Waals surface area contributed by atoms with Crippen LogP contribution in [0.2, 0.25) is 0 Å². The molecule has 0 bridgehead atoms. The predicted molar refractivity (Wildman–Crippen MR) is 60.4 cm³/mol. The Morgan fingerprint density at radius 3 is 2.00 bits per heavy atom. The van der Waals surface area contributed by atoms with Crippen molar-refractivity contribution in [1.29, 1.82) is 0 Å². The van der Waals surface area contributed by atoms with E-state index in [1.165, 1.54) is 12.8 Å². The van der Waals surface area contributed by atoms with Crippen LogP contribution in [0.3, 0.4) is 0 Å². The van der Waals surface area contributed by atoms with E-state index < -0.39 is 0 Å². The summed E-state index contributed by atoms with van der Waals surface area (Å²) in [6.45, 7) is 7.97. The molecule has 2 heterocycles. The Balaban J connectivity index is 0.000000213. The molecule has 1 aromatic rings. The van der Waals surface area contributed by atoms with Gasteiger partial charge in [0.15, 0.2) is 0 Å². The molecule has 0 N–H and O–H groups in total. The van der Waals surface area contributed by atoms with Crippen molar-refractivity contribution in [2.45, 2.75) is 33.6 Å². The van der Waals surface area contributed by atoms with Gasteiger partial charge in [-0.05, 0) is 31.9 Å². The molecule has 2 heteroatoms. The predicted octanol–water partition coefficient (Wildman–Crippen LogP) is 3.21. The maximum Gasteiger partial charge on any atom is 0.0466 e. The van der Waals surface area contributed by atoms with Crippen molar-refractivity contribution >= 4 is 0 Å². The topological polar surface area (TPSA) is 22.1 Å². The Labute approximate surface area is 87.3 Å². The highest BCUT2D eigenvalue weighted by atomic mass is 16.5. The van der Waals surface area contributed by atoms with E-state index in [4.69, 9.17) is 4.74 Å². The highest BCUT2D eigenvalue weighted by Gasteiger charge is 1.94. The maximum absolute atomic E-state index is 4.94. The zero-order valence-corrected chi connectivity index (χ0v) is 9.49. The smallest absolute Gasteiger partial charge is 0.0466 e. The van der Waals surface area contributed by atoms with Crippen molar-refractivity contribution in [2.75, 3.05) is 13.2 Å². The molecule has 2 nitrogen and oxygen atoms in total. The molecule has 1 saturated heterocycles. The SMILES string of the molecule is C1CCOC1.CC.Cc1ccccn1. The first-order chi connectivity index (χ1) is 6.89. The number of rotatable bonds is 0. The van der Waals surface area contributed by atoms with E-state index >= 15 is 0 Å². The number of aryl methyl sites for hydroxylation is 1. The molecular weight excluding hydrogens is 174 g/mol. The third-order valence-corrected chi connectivity index (χ3v) is 1.64. The first kappa shape index (κ1) is 13.1. The van der Waals surface area contributed by atoms with Crippen LogP contribution in [-0.4, -0.2) is 18.2 Å². The Bertz CT molecular complexity index is 187. The second kappa shape index (κ2) is 10.2. The van der Waals surface area contributed by atoms with Crippen molar-refractivity contribution in [3.63, 3.8) is 0 Å². The normalized spacial score (nSPS) is 13.4. The minimum Gasteiger partial charge on any atom is -0.381 e. The van der Waals surface area contributed by atoms with Gasteiger partial charge < -0.3 is 4.74 Å². The molecule has 0 unspecified atom stereocenters. The van der Waals surface area contributed by atoms with Gasteiger partial charge >= 0.3 is 0 Å². The van der Waals surface area contributed by atoms with Crippen molar-refractivity contribution < 1.29 is 4.74 Å². The van der Waals surface area contributed by atoms with Gasteiger partial charge in [-0.15, -0.1) is 0 Å². The van der Waals surface area contributed by atoms with Gasteiger partial charge in [-0.2, -0.15) is 0 Å². The van der Waals surface area contributed by atoms with Crippen LogP contribution in [0, 0.1) is 6.92 Å². The van der Waals surface area contributed by atoms with Gasteiger partial charge in [0.2, 0.25) is 0 Å². The summed E-state index contributed by atoms with van der Waals surface area (Å²) >= 11 is 0. The Morgan fingerprint density at radius 2 is 1.79 bits per heavy atom. The summed E-state index contributed by atoms with van der Waals surface area (Å²) in [6, 6.07) is 5.86. The average Bonchev–Trinajstić information content (AvgIpc) is 2.80. The number of nitrogens with zero attached hydrogens (tertiary/aromatic N) is 1. The highest BCUT2D eigenvalue weighted by Crippen LogP contribution is 1.98. The standard InChI is InChI=1S/C6H7N.C4H8O.C2H6/c1-6-4-2-3-5-7-6;1-2-4-5-3-1;1-2/h2-5H,1H3;1-4H2;1-2H3. The molecule has 1 fully saturated rings. The fraction of sp³-hybridized carbons (Fsp3) is 0.583. The van der Waals surface area contributed by atoms with Crippen molar-refractivity contribution in [3.05, 3.63) is 30.1 Å². The minimum atomic E-state index is 1.00. The fourth-order valence-corrected chi connectivity index (χ4v) is 0.958. The van der Waals surface area contributed by atoms with Gasteiger partial charge in [-0.25, -0.2) is 0 Å². The summed E-state index contributed by atoms with van der Waals surface area (Å²) in [5.41, 5.74) is 1.07. The summed E-state index contributed by atoms with van der Waals surface area (Å²) in [4.78, 5) is 3.98. The average molecular weight is 195 g/mol. The van der Waals surface area contributed by atoms with Gasteiger partial charge in [0.05, 0.1) is 0 Å². The molecule has 1 aliphatic heterocycles. The summed E-state index contributed by atoms with van der Waals surface area (Å²) in [5.74, 6) is 0. The summed E-state index contributed by atoms with van der Waals surface area (Å²) in [6.07, 6.45) is 4.34. The third kappa shape index (κ3) is 7.74. The van der Waals surface area contributed by atoms with E-state index in [9.17, 15) is 0 Å². The zero-order valence-electron chi connectivity index (χ0n) is 9.49. The molecule has 0 amide bonds. The van der Waals surface area contributed by atoms with Crippen molar-refractivity contribution in [1.82, 2.24) is 4.98 Å². The van der Waals surface area contributed by atoms with Crippen LogP contribution >= 0.6 is 0 Å². The van der Waals surface area contributed by atoms with E-state index in [1.54, 1.807) is 6.20 Å². The Kier molecular flexibility index (Phi) is 9.54. The summed E-state index contributed by atoms with van der Waals surface area (Å²) in [5, 5.41) is 0. The van der Waals surface area contributed by atoms with Crippen molar-refractivity contribution in [2.24, 2.45) is 0 Å². The molecule has 0 atom stereocenters. The molecular formula is C12H21NO. The molecule has 80 valence electrons. The lowest BCUT2D eigenvalue weighted by atomic mass is 10.4. The van der Waals surface area contributed by atoms with Crippen LogP contribution in [0.25, 0.3) is 0 Å². The largest absolute Gasteiger partial charge is 0.381 e. The number of hydrogen-bond acceptors (Lipinski definition) is 2. The highest BCUT2D eigenvalue weighted by molar-refractivity contribution is 4.99. The van der Waals surface area contributed by atoms with Gasteiger partial charge in [0, 0.05) is 25.1 Å². The molecule has 0 aliphatic carbocycles. The molecule has 1 aromatic heterocycles. The van der Waals surface area contributed by atoms with Gasteiger partial charge in [0.1, 0.15) is 0 Å². The van der Waals surface area contributed by atoms with Crippen LogP contribution in [-0.2, 0) is 4.74 Å². The molecule has 0 spiro atoms. The Morgan fingerprint density at radius 1 is 1.14 bits per heavy atom. The first-order valence-corrected chi connectivity index (χ1v) is 5.35. The lowest BCUT2D eigenvalue weighted by molar-refractivity contribution is 0.198. The van der Waals surface area contributed by atoms with Crippen LogP contribution in [0.5, 0.6) is 0 Å². The minimum absolute atomic E-state index is 1.00. The monoisotopic (exact) mass is 195 g/mol. The van der Waals surface area contributed by atoms with Gasteiger partial charge in [-0.1, -0.05) is 19.9 Å². The lowest BCUT2D eigenvalue weighted by Gasteiger charge is -1.82. The van der Waals surface area contributed by atoms with E-state index in [2.05, 4.69) is 4.98 Å². The number of pyridine rings is 1. The summed E-state index contributed by atoms with van der Waals surface area (Å²) < 4.78 is 4.94. The Hall–Kier alpha value is -0.890. The van der Waals surface area contributed by atoms with E-state index in [0.717, 1.165) is 18.9 Å². The van der Waals surface area contributed by atoms with Crippen LogP contribution < -0.4 is 0 Å².